The van der Waals surface area contributed by atoms with Gasteiger partial charge in [-0.25, -0.2) is 0 Å². The standard InChI is InChI=1S/C7H16OPS2/c1-3-5-6-8-9(10)11-7-4-2/h3-7H2,1-2H3/q+1. The van der Waals surface area contributed by atoms with E-state index in [4.69, 9.17) is 16.3 Å². The van der Waals surface area contributed by atoms with Crippen molar-refractivity contribution in [1.82, 2.24) is 0 Å². The number of rotatable bonds is 7. The van der Waals surface area contributed by atoms with E-state index in [0.29, 0.717) is 0 Å². The summed E-state index contributed by atoms with van der Waals surface area (Å²) in [5.74, 6) is 1.14. The van der Waals surface area contributed by atoms with Gasteiger partial charge in [-0.05, 0) is 12.8 Å². The molecule has 0 radical (unpaired) electrons. The monoisotopic (exact) mass is 211 g/mol. The third-order valence-electron chi connectivity index (χ3n) is 1.10. The van der Waals surface area contributed by atoms with E-state index < -0.39 is 6.13 Å². The van der Waals surface area contributed by atoms with E-state index in [1.165, 1.54) is 12.8 Å². The van der Waals surface area contributed by atoms with Gasteiger partial charge in [-0.3, -0.25) is 0 Å². The van der Waals surface area contributed by atoms with Crippen molar-refractivity contribution in [3.05, 3.63) is 0 Å². The van der Waals surface area contributed by atoms with Crippen LogP contribution in [-0.2, 0) is 16.3 Å². The molecule has 0 rings (SSSR count). The van der Waals surface area contributed by atoms with Crippen molar-refractivity contribution in [2.45, 2.75) is 33.1 Å². The molecule has 4 heteroatoms. The summed E-state index contributed by atoms with van der Waals surface area (Å²) in [7, 11) is 0. The molecule has 1 nitrogen and oxygen atoms in total. The third-order valence-corrected chi connectivity index (χ3v) is 5.05. The lowest BCUT2D eigenvalue weighted by Gasteiger charge is -1.90. The summed E-state index contributed by atoms with van der Waals surface area (Å²) in [6, 6.07) is 0. The van der Waals surface area contributed by atoms with Gasteiger partial charge in [-0.1, -0.05) is 20.3 Å². The van der Waals surface area contributed by atoms with Crippen molar-refractivity contribution >= 4 is 29.3 Å². The molecule has 0 aromatic carbocycles. The minimum absolute atomic E-state index is 0.598. The van der Waals surface area contributed by atoms with Gasteiger partial charge in [0.05, 0.1) is 0 Å². The fraction of sp³-hybridized carbons (Fsp3) is 1.00. The Kier molecular flexibility index (Phi) is 9.60. The van der Waals surface area contributed by atoms with Gasteiger partial charge in [0.2, 0.25) is 11.8 Å². The number of hydrogen-bond donors (Lipinski definition) is 0. The Labute approximate surface area is 79.5 Å². The quantitative estimate of drug-likeness (QED) is 0.469. The molecule has 66 valence electrons. The molecule has 0 aromatic rings. The predicted molar refractivity (Wildman–Crippen MR) is 57.9 cm³/mol. The molecule has 0 fully saturated rings. The molecule has 0 amide bonds. The van der Waals surface area contributed by atoms with Crippen LogP contribution in [0.3, 0.4) is 0 Å². The van der Waals surface area contributed by atoms with E-state index in [-0.39, 0.29) is 0 Å². The minimum Gasteiger partial charge on any atom is -0.158 e. The highest BCUT2D eigenvalue weighted by Crippen LogP contribution is 2.39. The zero-order valence-corrected chi connectivity index (χ0v) is 9.73. The lowest BCUT2D eigenvalue weighted by atomic mass is 10.4. The van der Waals surface area contributed by atoms with E-state index in [2.05, 4.69) is 13.8 Å². The molecular weight excluding hydrogens is 195 g/mol. The average Bonchev–Trinajstić information content (AvgIpc) is 2.01. The second-order valence-electron chi connectivity index (χ2n) is 2.24. The zero-order chi connectivity index (χ0) is 8.53. The van der Waals surface area contributed by atoms with Gasteiger partial charge in [0.15, 0.2) is 0 Å². The van der Waals surface area contributed by atoms with Gasteiger partial charge in [-0.15, -0.1) is 0 Å². The Morgan fingerprint density at radius 3 is 2.64 bits per heavy atom. The van der Waals surface area contributed by atoms with Crippen LogP contribution >= 0.6 is 17.5 Å². The summed E-state index contributed by atoms with van der Waals surface area (Å²) in [6.07, 6.45) is 2.93. The highest BCUT2D eigenvalue weighted by molar-refractivity contribution is 8.62. The lowest BCUT2D eigenvalue weighted by Crippen LogP contribution is -1.83. The molecule has 0 aliphatic carbocycles. The van der Waals surface area contributed by atoms with E-state index in [1.54, 1.807) is 11.4 Å². The molecule has 0 saturated carbocycles. The first-order valence-electron chi connectivity index (χ1n) is 4.04. The van der Waals surface area contributed by atoms with Gasteiger partial charge < -0.3 is 0 Å². The first-order valence-corrected chi connectivity index (χ1v) is 7.90. The molecule has 0 saturated heterocycles. The molecular formula is C7H16OPS2+. The van der Waals surface area contributed by atoms with Gasteiger partial charge in [0.1, 0.15) is 18.0 Å². The molecule has 1 atom stereocenters. The maximum absolute atomic E-state index is 5.43. The summed E-state index contributed by atoms with van der Waals surface area (Å²) in [5, 5.41) is 0. The summed E-state index contributed by atoms with van der Waals surface area (Å²) in [5.41, 5.74) is 0. The Hall–Kier alpha value is 0.830. The summed E-state index contributed by atoms with van der Waals surface area (Å²) < 4.78 is 5.43. The molecule has 1 unspecified atom stereocenters. The molecule has 0 aliphatic rings. The fourth-order valence-electron chi connectivity index (χ4n) is 0.487. The Bertz CT molecular complexity index is 109. The van der Waals surface area contributed by atoms with Crippen LogP contribution in [0, 0.1) is 0 Å². The van der Waals surface area contributed by atoms with Crippen LogP contribution in [0.25, 0.3) is 0 Å². The lowest BCUT2D eigenvalue weighted by molar-refractivity contribution is 0.357. The normalized spacial score (nSPS) is 11.6. The first kappa shape index (κ1) is 11.8. The molecule has 0 spiro atoms. The minimum atomic E-state index is -0.598. The highest BCUT2D eigenvalue weighted by Gasteiger charge is 2.11. The SMILES string of the molecule is CCCCO[P+](=S)SCCC. The molecule has 0 aromatic heterocycles. The van der Waals surface area contributed by atoms with Crippen molar-refractivity contribution in [2.24, 2.45) is 0 Å². The third kappa shape index (κ3) is 8.74. The van der Waals surface area contributed by atoms with E-state index in [0.717, 1.165) is 18.8 Å². The fourth-order valence-corrected chi connectivity index (χ4v) is 3.51. The summed E-state index contributed by atoms with van der Waals surface area (Å²) in [4.78, 5) is 0. The van der Waals surface area contributed by atoms with Gasteiger partial charge in [-0.2, -0.15) is 4.52 Å². The van der Waals surface area contributed by atoms with Crippen LogP contribution in [-0.4, -0.2) is 12.4 Å². The van der Waals surface area contributed by atoms with E-state index >= 15 is 0 Å². The zero-order valence-electron chi connectivity index (χ0n) is 7.21. The van der Waals surface area contributed by atoms with Crippen molar-refractivity contribution in [1.29, 1.82) is 0 Å². The smallest absolute Gasteiger partial charge is 0.158 e. The average molecular weight is 211 g/mol. The molecule has 0 N–H and O–H groups in total. The topological polar surface area (TPSA) is 9.23 Å². The summed E-state index contributed by atoms with van der Waals surface area (Å²) in [6.45, 7) is 5.17. The van der Waals surface area contributed by atoms with Gasteiger partial charge >= 0.3 is 6.13 Å². The molecule has 0 bridgehead atoms. The van der Waals surface area contributed by atoms with Crippen LogP contribution in [0.1, 0.15) is 33.1 Å². The van der Waals surface area contributed by atoms with Gasteiger partial charge in [0.25, 0.3) is 0 Å². The largest absolute Gasteiger partial charge is 0.414 e. The first-order chi connectivity index (χ1) is 5.31. The van der Waals surface area contributed by atoms with Crippen LogP contribution in [0.15, 0.2) is 0 Å². The van der Waals surface area contributed by atoms with Crippen LogP contribution in [0.5, 0.6) is 0 Å². The van der Waals surface area contributed by atoms with E-state index in [9.17, 15) is 0 Å². The summed E-state index contributed by atoms with van der Waals surface area (Å²) >= 11 is 6.91. The van der Waals surface area contributed by atoms with Crippen molar-refractivity contribution in [3.8, 4) is 0 Å². The number of hydrogen-bond acceptors (Lipinski definition) is 3. The second kappa shape index (κ2) is 8.92. The van der Waals surface area contributed by atoms with Gasteiger partial charge in [0, 0.05) is 5.75 Å². The maximum Gasteiger partial charge on any atom is 0.414 e. The predicted octanol–water partition coefficient (Wildman–Crippen LogP) is 3.72. The van der Waals surface area contributed by atoms with Crippen LogP contribution < -0.4 is 0 Å². The van der Waals surface area contributed by atoms with Crippen molar-refractivity contribution in [2.75, 3.05) is 12.4 Å². The molecule has 0 aliphatic heterocycles. The Morgan fingerprint density at radius 1 is 1.36 bits per heavy atom. The Balaban J connectivity index is 3.09. The molecule has 0 heterocycles. The van der Waals surface area contributed by atoms with Crippen LogP contribution in [0.4, 0.5) is 0 Å². The molecule has 11 heavy (non-hydrogen) atoms. The second-order valence-corrected chi connectivity index (χ2v) is 7.07. The number of unbranched alkanes of at least 4 members (excludes halogenated alkanes) is 1. The van der Waals surface area contributed by atoms with Crippen molar-refractivity contribution < 1.29 is 4.52 Å². The van der Waals surface area contributed by atoms with Crippen molar-refractivity contribution in [3.63, 3.8) is 0 Å². The van der Waals surface area contributed by atoms with E-state index in [1.807, 2.05) is 0 Å². The maximum atomic E-state index is 5.43. The van der Waals surface area contributed by atoms with Crippen LogP contribution in [0.2, 0.25) is 0 Å². The highest BCUT2D eigenvalue weighted by atomic mass is 32.9. The Morgan fingerprint density at radius 2 is 2.09 bits per heavy atom.